The third-order valence-corrected chi connectivity index (χ3v) is 6.22. The Labute approximate surface area is 175 Å². The van der Waals surface area contributed by atoms with Crippen LogP contribution in [0.5, 0.6) is 5.75 Å². The van der Waals surface area contributed by atoms with Crippen LogP contribution in [0, 0.1) is 0 Å². The first-order chi connectivity index (χ1) is 14.2. The fourth-order valence-electron chi connectivity index (χ4n) is 3.72. The maximum atomic E-state index is 12.8. The zero-order valence-electron chi connectivity index (χ0n) is 16.7. The summed E-state index contributed by atoms with van der Waals surface area (Å²) in [5.74, 6) is 0.969. The van der Waals surface area contributed by atoms with E-state index in [1.807, 2.05) is 42.4 Å². The number of carbonyl (C=O) groups is 1. The number of aryl methyl sites for hydroxylation is 1. The molecule has 1 atom stereocenters. The second-order valence-corrected chi connectivity index (χ2v) is 8.30. The predicted molar refractivity (Wildman–Crippen MR) is 116 cm³/mol. The molecule has 0 radical (unpaired) electrons. The van der Waals surface area contributed by atoms with Crippen LogP contribution in [0.25, 0.3) is 0 Å². The van der Waals surface area contributed by atoms with Crippen molar-refractivity contribution in [3.63, 3.8) is 0 Å². The minimum absolute atomic E-state index is 0.0493. The van der Waals surface area contributed by atoms with Gasteiger partial charge in [-0.1, -0.05) is 18.2 Å². The predicted octanol–water partition coefficient (Wildman–Crippen LogP) is 4.33. The summed E-state index contributed by atoms with van der Waals surface area (Å²) >= 11 is 1.73. The van der Waals surface area contributed by atoms with Crippen LogP contribution in [0.4, 0.5) is 0 Å². The molecule has 1 aliphatic heterocycles. The summed E-state index contributed by atoms with van der Waals surface area (Å²) in [6.45, 7) is 3.20. The van der Waals surface area contributed by atoms with Crippen molar-refractivity contribution in [3.05, 3.63) is 76.2 Å². The average Bonchev–Trinajstić information content (AvgIpc) is 3.41. The minimum atomic E-state index is 0.0493. The molecule has 0 saturated heterocycles. The summed E-state index contributed by atoms with van der Waals surface area (Å²) < 4.78 is 8.32. The van der Waals surface area contributed by atoms with Crippen molar-refractivity contribution in [3.8, 4) is 5.75 Å². The van der Waals surface area contributed by atoms with Crippen LogP contribution < -0.4 is 10.1 Å². The number of amides is 1. The lowest BCUT2D eigenvalue weighted by molar-refractivity contribution is 0.0746. The highest BCUT2D eigenvalue weighted by Crippen LogP contribution is 2.28. The maximum absolute atomic E-state index is 12.8. The summed E-state index contributed by atoms with van der Waals surface area (Å²) in [6.07, 6.45) is 3.93. The zero-order chi connectivity index (χ0) is 20.1. The van der Waals surface area contributed by atoms with Crippen LogP contribution >= 0.6 is 11.3 Å². The van der Waals surface area contributed by atoms with Crippen molar-refractivity contribution in [1.29, 1.82) is 0 Å². The van der Waals surface area contributed by atoms with Gasteiger partial charge < -0.3 is 19.5 Å². The van der Waals surface area contributed by atoms with E-state index in [-0.39, 0.29) is 12.0 Å². The third-order valence-electron chi connectivity index (χ3n) is 5.26. The number of fused-ring (bicyclic) bond motifs is 1. The molecular formula is C23H27N3O2S. The van der Waals surface area contributed by atoms with E-state index < -0.39 is 0 Å². The Kier molecular flexibility index (Phi) is 6.32. The number of nitrogens with zero attached hydrogens (tertiary/aromatic N) is 2. The van der Waals surface area contributed by atoms with Gasteiger partial charge in [-0.2, -0.15) is 0 Å². The molecule has 0 fully saturated rings. The van der Waals surface area contributed by atoms with E-state index in [1.165, 1.54) is 4.88 Å². The second-order valence-electron chi connectivity index (χ2n) is 7.33. The molecule has 1 aromatic carbocycles. The van der Waals surface area contributed by atoms with Gasteiger partial charge in [0.15, 0.2) is 0 Å². The molecule has 0 saturated carbocycles. The van der Waals surface area contributed by atoms with Gasteiger partial charge in [0.05, 0.1) is 0 Å². The van der Waals surface area contributed by atoms with Crippen LogP contribution in [-0.2, 0) is 13.1 Å². The number of ether oxygens (including phenoxy) is 1. The van der Waals surface area contributed by atoms with Gasteiger partial charge >= 0.3 is 0 Å². The molecule has 6 heteroatoms. The zero-order valence-corrected chi connectivity index (χ0v) is 17.5. The Morgan fingerprint density at radius 1 is 1.14 bits per heavy atom. The Hall–Kier alpha value is -2.57. The number of thiophene rings is 1. The molecule has 3 heterocycles. The molecule has 3 aromatic rings. The number of aromatic nitrogens is 1. The van der Waals surface area contributed by atoms with Crippen molar-refractivity contribution >= 4 is 17.2 Å². The van der Waals surface area contributed by atoms with Crippen LogP contribution in [0.2, 0.25) is 0 Å². The maximum Gasteiger partial charge on any atom is 0.270 e. The van der Waals surface area contributed by atoms with Gasteiger partial charge in [-0.15, -0.1) is 11.3 Å². The number of carbonyl (C=O) groups excluding carboxylic acids is 1. The Bertz CT molecular complexity index is 918. The van der Waals surface area contributed by atoms with Gasteiger partial charge in [0.2, 0.25) is 0 Å². The number of hydrogen-bond donors (Lipinski definition) is 1. The van der Waals surface area contributed by atoms with E-state index in [2.05, 4.69) is 39.5 Å². The summed E-state index contributed by atoms with van der Waals surface area (Å²) in [5.41, 5.74) is 1.90. The smallest absolute Gasteiger partial charge is 0.270 e. The lowest BCUT2D eigenvalue weighted by atomic mass is 10.1. The van der Waals surface area contributed by atoms with Gasteiger partial charge in [0.1, 0.15) is 17.5 Å². The van der Waals surface area contributed by atoms with Gasteiger partial charge in [-0.25, -0.2) is 0 Å². The first-order valence-electron chi connectivity index (χ1n) is 10.1. The number of rotatable bonds is 8. The second kappa shape index (κ2) is 9.29. The largest absolute Gasteiger partial charge is 0.485 e. The molecule has 4 rings (SSSR count). The monoisotopic (exact) mass is 409 g/mol. The molecule has 1 unspecified atom stereocenters. The summed E-state index contributed by atoms with van der Waals surface area (Å²) in [5, 5.41) is 5.29. The van der Waals surface area contributed by atoms with Crippen molar-refractivity contribution in [2.75, 3.05) is 20.1 Å². The standard InChI is InChI=1S/C23H27N3O2S/c1-24-12-11-21(22-6-3-16-29-22)28-19-9-7-18(8-10-19)17-26-15-4-14-25-13-2-5-20(25)23(26)27/h2-3,5-10,13,16,21,24H,4,11-12,14-15,17H2,1H3. The topological polar surface area (TPSA) is 46.5 Å². The Balaban J connectivity index is 1.42. The van der Waals surface area contributed by atoms with Crippen molar-refractivity contribution in [2.45, 2.75) is 32.0 Å². The van der Waals surface area contributed by atoms with Gasteiger partial charge in [-0.3, -0.25) is 4.79 Å². The molecule has 152 valence electrons. The first kappa shape index (κ1) is 19.7. The molecule has 0 aliphatic carbocycles. The highest BCUT2D eigenvalue weighted by atomic mass is 32.1. The molecule has 1 aliphatic rings. The molecule has 29 heavy (non-hydrogen) atoms. The van der Waals surface area contributed by atoms with E-state index in [0.717, 1.165) is 49.5 Å². The molecular weight excluding hydrogens is 382 g/mol. The lowest BCUT2D eigenvalue weighted by Crippen LogP contribution is -2.30. The van der Waals surface area contributed by atoms with Crippen molar-refractivity contribution in [2.24, 2.45) is 0 Å². The van der Waals surface area contributed by atoms with E-state index in [4.69, 9.17) is 4.74 Å². The van der Waals surface area contributed by atoms with E-state index in [1.54, 1.807) is 11.3 Å². The van der Waals surface area contributed by atoms with Gasteiger partial charge in [-0.05, 0) is 61.3 Å². The number of nitrogens with one attached hydrogen (secondary N) is 1. The van der Waals surface area contributed by atoms with Crippen molar-refractivity contribution < 1.29 is 9.53 Å². The highest BCUT2D eigenvalue weighted by Gasteiger charge is 2.22. The van der Waals surface area contributed by atoms with Crippen molar-refractivity contribution in [1.82, 2.24) is 14.8 Å². The molecule has 0 bridgehead atoms. The van der Waals surface area contributed by atoms with Crippen LogP contribution in [0.15, 0.2) is 60.1 Å². The molecule has 0 spiro atoms. The van der Waals surface area contributed by atoms with Gasteiger partial charge in [0, 0.05) is 37.1 Å². The summed E-state index contributed by atoms with van der Waals surface area (Å²) in [4.78, 5) is 16.0. The molecule has 1 amide bonds. The summed E-state index contributed by atoms with van der Waals surface area (Å²) in [7, 11) is 1.96. The normalized spacial score (nSPS) is 15.1. The van der Waals surface area contributed by atoms with Gasteiger partial charge in [0.25, 0.3) is 5.91 Å². The van der Waals surface area contributed by atoms with Crippen LogP contribution in [0.3, 0.4) is 0 Å². The minimum Gasteiger partial charge on any atom is -0.485 e. The number of benzene rings is 1. The highest BCUT2D eigenvalue weighted by molar-refractivity contribution is 7.10. The molecule has 5 nitrogen and oxygen atoms in total. The SMILES string of the molecule is CNCCC(Oc1ccc(CN2CCCn3cccc3C2=O)cc1)c1cccs1. The fourth-order valence-corrected chi connectivity index (χ4v) is 4.51. The van der Waals surface area contributed by atoms with E-state index in [9.17, 15) is 4.79 Å². The third kappa shape index (κ3) is 4.71. The number of hydrogen-bond acceptors (Lipinski definition) is 4. The fraction of sp³-hybridized carbons (Fsp3) is 0.348. The van der Waals surface area contributed by atoms with E-state index >= 15 is 0 Å². The lowest BCUT2D eigenvalue weighted by Gasteiger charge is -2.21. The van der Waals surface area contributed by atoms with E-state index in [0.29, 0.717) is 6.54 Å². The Morgan fingerprint density at radius 2 is 2.00 bits per heavy atom. The molecule has 2 aromatic heterocycles. The summed E-state index contributed by atoms with van der Waals surface area (Å²) in [6, 6.07) is 16.2. The Morgan fingerprint density at radius 3 is 2.76 bits per heavy atom. The quantitative estimate of drug-likeness (QED) is 0.603. The van der Waals surface area contributed by atoms with Crippen LogP contribution in [0.1, 0.15) is 39.9 Å². The van der Waals surface area contributed by atoms with Crippen LogP contribution in [-0.4, -0.2) is 35.5 Å². The molecule has 1 N–H and O–H groups in total. The first-order valence-corrected chi connectivity index (χ1v) is 11.0. The average molecular weight is 410 g/mol.